The Morgan fingerprint density at radius 1 is 1.17 bits per heavy atom. The van der Waals surface area contributed by atoms with Gasteiger partial charge in [0.15, 0.2) is 0 Å². The third kappa shape index (κ3) is 3.94. The topological polar surface area (TPSA) is 71.1 Å². The molecule has 1 aliphatic carbocycles. The zero-order valence-electron chi connectivity index (χ0n) is 13.0. The summed E-state index contributed by atoms with van der Waals surface area (Å²) in [7, 11) is 0. The Labute approximate surface area is 135 Å². The number of rotatable bonds is 5. The highest BCUT2D eigenvalue weighted by molar-refractivity contribution is 5.97. The van der Waals surface area contributed by atoms with Crippen molar-refractivity contribution in [2.45, 2.75) is 25.8 Å². The number of hydrogen-bond acceptors (Lipinski definition) is 3. The van der Waals surface area contributed by atoms with E-state index < -0.39 is 0 Å². The van der Waals surface area contributed by atoms with Crippen molar-refractivity contribution in [1.29, 1.82) is 0 Å². The average molecular weight is 309 g/mol. The molecule has 5 heteroatoms. The van der Waals surface area contributed by atoms with Crippen LogP contribution in [-0.4, -0.2) is 16.8 Å². The third-order valence-electron chi connectivity index (χ3n) is 3.87. The van der Waals surface area contributed by atoms with Gasteiger partial charge < -0.3 is 10.6 Å². The van der Waals surface area contributed by atoms with Crippen LogP contribution in [0.3, 0.4) is 0 Å². The molecule has 0 bridgehead atoms. The minimum Gasteiger partial charge on any atom is -0.346 e. The Hall–Kier alpha value is -2.69. The van der Waals surface area contributed by atoms with Crippen molar-refractivity contribution in [3.05, 3.63) is 59.8 Å². The minimum absolute atomic E-state index is 0.0206. The molecule has 0 spiro atoms. The number of aromatic nitrogens is 1. The molecule has 1 atom stereocenters. The van der Waals surface area contributed by atoms with E-state index in [0.717, 1.165) is 18.4 Å². The van der Waals surface area contributed by atoms with Gasteiger partial charge in [-0.15, -0.1) is 0 Å². The van der Waals surface area contributed by atoms with E-state index in [2.05, 4.69) is 15.6 Å². The number of carbonyl (C=O) groups is 2. The van der Waals surface area contributed by atoms with Crippen LogP contribution >= 0.6 is 0 Å². The summed E-state index contributed by atoms with van der Waals surface area (Å²) < 4.78 is 0. The zero-order valence-corrected chi connectivity index (χ0v) is 13.0. The standard InChI is InChI=1S/C18H19N3O2/c1-12(13-5-3-2-4-6-13)20-18(23)15-9-10-19-16(11-15)21-17(22)14-7-8-14/h2-6,9-12,14H,7-8H2,1H3,(H,20,23)(H,19,21,22)/t12-/m1/s1. The molecule has 1 fully saturated rings. The number of pyridine rings is 1. The van der Waals surface area contributed by atoms with E-state index in [9.17, 15) is 9.59 Å². The van der Waals surface area contributed by atoms with E-state index in [4.69, 9.17) is 0 Å². The first-order valence-electron chi connectivity index (χ1n) is 7.76. The van der Waals surface area contributed by atoms with Crippen LogP contribution in [0, 0.1) is 5.92 Å². The molecule has 2 N–H and O–H groups in total. The zero-order chi connectivity index (χ0) is 16.2. The Balaban J connectivity index is 1.66. The van der Waals surface area contributed by atoms with Gasteiger partial charge in [-0.2, -0.15) is 0 Å². The van der Waals surface area contributed by atoms with Gasteiger partial charge in [0.05, 0.1) is 6.04 Å². The molecule has 1 saturated carbocycles. The van der Waals surface area contributed by atoms with Gasteiger partial charge >= 0.3 is 0 Å². The summed E-state index contributed by atoms with van der Waals surface area (Å²) in [5.74, 6) is 0.313. The van der Waals surface area contributed by atoms with Gasteiger partial charge in [-0.3, -0.25) is 9.59 Å². The lowest BCUT2D eigenvalue weighted by atomic mass is 10.1. The van der Waals surface area contributed by atoms with Crippen molar-refractivity contribution >= 4 is 17.6 Å². The van der Waals surface area contributed by atoms with Crippen molar-refractivity contribution in [3.8, 4) is 0 Å². The van der Waals surface area contributed by atoms with Crippen LogP contribution in [0.15, 0.2) is 48.7 Å². The quantitative estimate of drug-likeness (QED) is 0.892. The molecule has 3 rings (SSSR count). The largest absolute Gasteiger partial charge is 0.346 e. The average Bonchev–Trinajstić information content (AvgIpc) is 3.41. The molecule has 1 aromatic heterocycles. The van der Waals surface area contributed by atoms with Gasteiger partial charge in [-0.25, -0.2) is 4.98 Å². The summed E-state index contributed by atoms with van der Waals surface area (Å²) in [6, 6.07) is 12.9. The van der Waals surface area contributed by atoms with E-state index in [0.29, 0.717) is 11.4 Å². The number of hydrogen-bond donors (Lipinski definition) is 2. The maximum atomic E-state index is 12.4. The normalized spacial score (nSPS) is 14.8. The van der Waals surface area contributed by atoms with Gasteiger partial charge in [0, 0.05) is 17.7 Å². The summed E-state index contributed by atoms with van der Waals surface area (Å²) in [6.07, 6.45) is 3.39. The Bertz CT molecular complexity index is 711. The van der Waals surface area contributed by atoms with Crippen molar-refractivity contribution in [3.63, 3.8) is 0 Å². The Morgan fingerprint density at radius 2 is 1.91 bits per heavy atom. The highest BCUT2D eigenvalue weighted by atomic mass is 16.2. The number of anilines is 1. The van der Waals surface area contributed by atoms with Crippen LogP contribution in [-0.2, 0) is 4.79 Å². The van der Waals surface area contributed by atoms with Crippen LogP contribution in [0.2, 0.25) is 0 Å². The summed E-state index contributed by atoms with van der Waals surface area (Å²) in [6.45, 7) is 1.93. The van der Waals surface area contributed by atoms with Gasteiger partial charge in [0.2, 0.25) is 5.91 Å². The van der Waals surface area contributed by atoms with Gasteiger partial charge in [-0.05, 0) is 37.5 Å². The molecule has 2 amide bonds. The van der Waals surface area contributed by atoms with E-state index in [1.165, 1.54) is 6.20 Å². The first-order chi connectivity index (χ1) is 11.1. The number of benzene rings is 1. The molecule has 0 saturated heterocycles. The molecular weight excluding hydrogens is 290 g/mol. The molecular formula is C18H19N3O2. The number of nitrogens with one attached hydrogen (secondary N) is 2. The molecule has 5 nitrogen and oxygen atoms in total. The number of amides is 2. The highest BCUT2D eigenvalue weighted by Crippen LogP contribution is 2.29. The van der Waals surface area contributed by atoms with E-state index >= 15 is 0 Å². The summed E-state index contributed by atoms with van der Waals surface area (Å²) in [5, 5.41) is 5.70. The monoisotopic (exact) mass is 309 g/mol. The fourth-order valence-electron chi connectivity index (χ4n) is 2.32. The summed E-state index contributed by atoms with van der Waals surface area (Å²) in [5.41, 5.74) is 1.52. The molecule has 0 aliphatic heterocycles. The lowest BCUT2D eigenvalue weighted by molar-refractivity contribution is -0.117. The van der Waals surface area contributed by atoms with E-state index in [1.54, 1.807) is 12.1 Å². The molecule has 0 radical (unpaired) electrons. The van der Waals surface area contributed by atoms with Crippen molar-refractivity contribution < 1.29 is 9.59 Å². The summed E-state index contributed by atoms with van der Waals surface area (Å²) in [4.78, 5) is 28.2. The molecule has 118 valence electrons. The van der Waals surface area contributed by atoms with Gasteiger partial charge in [0.25, 0.3) is 5.91 Å². The first kappa shape index (κ1) is 15.2. The van der Waals surface area contributed by atoms with Crippen molar-refractivity contribution in [1.82, 2.24) is 10.3 Å². The van der Waals surface area contributed by atoms with Crippen LogP contribution in [0.1, 0.15) is 41.7 Å². The molecule has 23 heavy (non-hydrogen) atoms. The van der Waals surface area contributed by atoms with Crippen LogP contribution in [0.5, 0.6) is 0 Å². The maximum Gasteiger partial charge on any atom is 0.251 e. The molecule has 2 aromatic rings. The fourth-order valence-corrected chi connectivity index (χ4v) is 2.32. The van der Waals surface area contributed by atoms with Crippen LogP contribution in [0.4, 0.5) is 5.82 Å². The predicted molar refractivity (Wildman–Crippen MR) is 87.9 cm³/mol. The van der Waals surface area contributed by atoms with Crippen LogP contribution < -0.4 is 10.6 Å². The molecule has 0 unspecified atom stereocenters. The lowest BCUT2D eigenvalue weighted by Crippen LogP contribution is -2.26. The summed E-state index contributed by atoms with van der Waals surface area (Å²) >= 11 is 0. The molecule has 1 heterocycles. The lowest BCUT2D eigenvalue weighted by Gasteiger charge is -2.14. The van der Waals surface area contributed by atoms with Gasteiger partial charge in [-0.1, -0.05) is 30.3 Å². The second-order valence-corrected chi connectivity index (χ2v) is 5.80. The third-order valence-corrected chi connectivity index (χ3v) is 3.87. The minimum atomic E-state index is -0.189. The van der Waals surface area contributed by atoms with Crippen molar-refractivity contribution in [2.75, 3.05) is 5.32 Å². The first-order valence-corrected chi connectivity index (χ1v) is 7.76. The number of carbonyl (C=O) groups excluding carboxylic acids is 2. The van der Waals surface area contributed by atoms with Crippen LogP contribution in [0.25, 0.3) is 0 Å². The SMILES string of the molecule is C[C@@H](NC(=O)c1ccnc(NC(=O)C2CC2)c1)c1ccccc1. The maximum absolute atomic E-state index is 12.4. The smallest absolute Gasteiger partial charge is 0.251 e. The highest BCUT2D eigenvalue weighted by Gasteiger charge is 2.29. The molecule has 1 aromatic carbocycles. The fraction of sp³-hybridized carbons (Fsp3) is 0.278. The van der Waals surface area contributed by atoms with E-state index in [1.807, 2.05) is 37.3 Å². The van der Waals surface area contributed by atoms with Crippen molar-refractivity contribution in [2.24, 2.45) is 5.92 Å². The molecule has 1 aliphatic rings. The second-order valence-electron chi connectivity index (χ2n) is 5.80. The number of nitrogens with zero attached hydrogens (tertiary/aromatic N) is 1. The predicted octanol–water partition coefficient (Wildman–Crippen LogP) is 2.92. The Morgan fingerprint density at radius 3 is 2.61 bits per heavy atom. The Kier molecular flexibility index (Phi) is 4.37. The van der Waals surface area contributed by atoms with E-state index in [-0.39, 0.29) is 23.8 Å². The van der Waals surface area contributed by atoms with Gasteiger partial charge in [0.1, 0.15) is 5.82 Å². The second kappa shape index (κ2) is 6.60.